The van der Waals surface area contributed by atoms with Crippen LogP contribution in [0.2, 0.25) is 0 Å². The summed E-state index contributed by atoms with van der Waals surface area (Å²) in [5.74, 6) is -0.745. The summed E-state index contributed by atoms with van der Waals surface area (Å²) in [6.07, 6.45) is 0. The van der Waals surface area contributed by atoms with Gasteiger partial charge in [-0.15, -0.1) is 0 Å². The quantitative estimate of drug-likeness (QED) is 0.828. The van der Waals surface area contributed by atoms with Crippen molar-refractivity contribution in [3.8, 4) is 0 Å². The molecule has 0 heterocycles. The number of carbonyl (C=O) groups excluding carboxylic acids is 1. The lowest BCUT2D eigenvalue weighted by Gasteiger charge is -2.10. The molecule has 0 radical (unpaired) electrons. The van der Waals surface area contributed by atoms with Crippen molar-refractivity contribution in [1.29, 1.82) is 0 Å². The predicted octanol–water partition coefficient (Wildman–Crippen LogP) is 3.73. The van der Waals surface area contributed by atoms with Crippen molar-refractivity contribution in [2.75, 3.05) is 11.1 Å². The van der Waals surface area contributed by atoms with E-state index in [9.17, 15) is 9.18 Å². The lowest BCUT2D eigenvalue weighted by atomic mass is 10.1. The van der Waals surface area contributed by atoms with Gasteiger partial charge in [0.25, 0.3) is 5.91 Å². The van der Waals surface area contributed by atoms with E-state index < -0.39 is 5.82 Å². The topological polar surface area (TPSA) is 55.1 Å². The molecule has 3 N–H and O–H groups in total. The van der Waals surface area contributed by atoms with E-state index in [2.05, 4.69) is 21.2 Å². The van der Waals surface area contributed by atoms with E-state index in [4.69, 9.17) is 5.73 Å². The van der Waals surface area contributed by atoms with Crippen molar-refractivity contribution < 1.29 is 9.18 Å². The summed E-state index contributed by atoms with van der Waals surface area (Å²) >= 11 is 3.10. The lowest BCUT2D eigenvalue weighted by Crippen LogP contribution is -2.13. The third-order valence-electron chi connectivity index (χ3n) is 2.66. The molecule has 0 fully saturated rings. The molecule has 0 bridgehead atoms. The van der Waals surface area contributed by atoms with Crippen LogP contribution in [0.4, 0.5) is 15.8 Å². The Balaban J connectivity index is 2.27. The van der Waals surface area contributed by atoms with E-state index in [0.717, 1.165) is 5.56 Å². The molecule has 2 aromatic rings. The first-order valence-corrected chi connectivity index (χ1v) is 6.39. The number of anilines is 2. The molecule has 5 heteroatoms. The van der Waals surface area contributed by atoms with Crippen LogP contribution in [0.25, 0.3) is 0 Å². The molecule has 3 nitrogen and oxygen atoms in total. The number of rotatable bonds is 2. The second-order valence-corrected chi connectivity index (χ2v) is 5.02. The Labute approximate surface area is 118 Å². The van der Waals surface area contributed by atoms with Crippen LogP contribution in [0.1, 0.15) is 15.9 Å². The maximum absolute atomic E-state index is 13.5. The zero-order chi connectivity index (χ0) is 14.0. The number of amides is 1. The Hall–Kier alpha value is -1.88. The number of nitrogen functional groups attached to an aromatic ring is 1. The third-order valence-corrected chi connectivity index (χ3v) is 3.27. The largest absolute Gasteiger partial charge is 0.399 e. The van der Waals surface area contributed by atoms with Gasteiger partial charge in [-0.05, 0) is 58.7 Å². The fraction of sp³-hybridized carbons (Fsp3) is 0.0714. The molecule has 1 amide bonds. The standard InChI is InChI=1S/C14H12BrFN2O/c1-8-5-11(15)12(16)7-13(8)18-14(19)9-3-2-4-10(17)6-9/h2-7H,17H2,1H3,(H,18,19). The van der Waals surface area contributed by atoms with Gasteiger partial charge in [0.15, 0.2) is 0 Å². The number of hydrogen-bond acceptors (Lipinski definition) is 2. The molecule has 0 aromatic heterocycles. The summed E-state index contributed by atoms with van der Waals surface area (Å²) < 4.78 is 13.8. The normalized spacial score (nSPS) is 10.3. The van der Waals surface area contributed by atoms with Gasteiger partial charge in [-0.2, -0.15) is 0 Å². The molecule has 0 aliphatic carbocycles. The predicted molar refractivity (Wildman–Crippen MR) is 77.6 cm³/mol. The maximum Gasteiger partial charge on any atom is 0.255 e. The highest BCUT2D eigenvalue weighted by atomic mass is 79.9. The highest BCUT2D eigenvalue weighted by Gasteiger charge is 2.10. The number of benzene rings is 2. The van der Waals surface area contributed by atoms with Crippen LogP contribution in [0.3, 0.4) is 0 Å². The number of halogens is 2. The summed E-state index contributed by atoms with van der Waals surface area (Å²) in [7, 11) is 0. The fourth-order valence-electron chi connectivity index (χ4n) is 1.66. The molecule has 0 spiro atoms. The van der Waals surface area contributed by atoms with Crippen LogP contribution in [0, 0.1) is 12.7 Å². The number of hydrogen-bond donors (Lipinski definition) is 2. The fourth-order valence-corrected chi connectivity index (χ4v) is 2.11. The van der Waals surface area contributed by atoms with E-state index in [1.807, 2.05) is 0 Å². The zero-order valence-corrected chi connectivity index (χ0v) is 11.8. The van der Waals surface area contributed by atoms with Gasteiger partial charge in [-0.1, -0.05) is 6.07 Å². The van der Waals surface area contributed by atoms with Crippen LogP contribution < -0.4 is 11.1 Å². The Bertz CT molecular complexity index is 643. The zero-order valence-electron chi connectivity index (χ0n) is 10.2. The Morgan fingerprint density at radius 1 is 1.32 bits per heavy atom. The van der Waals surface area contributed by atoms with Crippen molar-refractivity contribution in [3.05, 3.63) is 57.8 Å². The first-order chi connectivity index (χ1) is 8.97. The Morgan fingerprint density at radius 2 is 2.05 bits per heavy atom. The second-order valence-electron chi connectivity index (χ2n) is 4.16. The highest BCUT2D eigenvalue weighted by Crippen LogP contribution is 2.24. The Morgan fingerprint density at radius 3 is 2.74 bits per heavy atom. The molecule has 0 saturated carbocycles. The van der Waals surface area contributed by atoms with E-state index in [1.165, 1.54) is 6.07 Å². The van der Waals surface area contributed by atoms with Crippen LogP contribution in [-0.2, 0) is 0 Å². The molecule has 19 heavy (non-hydrogen) atoms. The first kappa shape index (κ1) is 13.5. The van der Waals surface area contributed by atoms with Crippen molar-refractivity contribution in [1.82, 2.24) is 0 Å². The molecule has 0 atom stereocenters. The number of nitrogens with two attached hydrogens (primary N) is 1. The molecular formula is C14H12BrFN2O. The maximum atomic E-state index is 13.5. The summed E-state index contributed by atoms with van der Waals surface area (Å²) in [5, 5.41) is 2.67. The number of aryl methyl sites for hydroxylation is 1. The van der Waals surface area contributed by atoms with Gasteiger partial charge in [0.05, 0.1) is 4.47 Å². The molecule has 0 aliphatic rings. The van der Waals surface area contributed by atoms with Crippen molar-refractivity contribution in [2.45, 2.75) is 6.92 Å². The number of nitrogens with one attached hydrogen (secondary N) is 1. The van der Waals surface area contributed by atoms with Gasteiger partial charge < -0.3 is 11.1 Å². The lowest BCUT2D eigenvalue weighted by molar-refractivity contribution is 0.102. The minimum absolute atomic E-state index is 0.322. The summed E-state index contributed by atoms with van der Waals surface area (Å²) in [6, 6.07) is 9.50. The van der Waals surface area contributed by atoms with E-state index in [0.29, 0.717) is 21.4 Å². The smallest absolute Gasteiger partial charge is 0.255 e. The average Bonchev–Trinajstić information content (AvgIpc) is 2.36. The van der Waals surface area contributed by atoms with Gasteiger partial charge >= 0.3 is 0 Å². The van der Waals surface area contributed by atoms with Crippen molar-refractivity contribution >= 4 is 33.2 Å². The summed E-state index contributed by atoms with van der Waals surface area (Å²) in [5.41, 5.74) is 7.76. The molecule has 0 saturated heterocycles. The van der Waals surface area contributed by atoms with Crippen molar-refractivity contribution in [2.24, 2.45) is 0 Å². The molecular weight excluding hydrogens is 311 g/mol. The van der Waals surface area contributed by atoms with Crippen molar-refractivity contribution in [3.63, 3.8) is 0 Å². The van der Waals surface area contributed by atoms with Crippen LogP contribution in [-0.4, -0.2) is 5.91 Å². The van der Waals surface area contributed by atoms with E-state index in [1.54, 1.807) is 37.3 Å². The van der Waals surface area contributed by atoms with Gasteiger partial charge in [0.2, 0.25) is 0 Å². The Kier molecular flexibility index (Phi) is 3.85. The molecule has 0 unspecified atom stereocenters. The molecule has 2 rings (SSSR count). The van der Waals surface area contributed by atoms with E-state index >= 15 is 0 Å². The SMILES string of the molecule is Cc1cc(Br)c(F)cc1NC(=O)c1cccc(N)c1. The summed E-state index contributed by atoms with van der Waals surface area (Å²) in [6.45, 7) is 1.79. The highest BCUT2D eigenvalue weighted by molar-refractivity contribution is 9.10. The number of carbonyl (C=O) groups is 1. The first-order valence-electron chi connectivity index (χ1n) is 5.60. The molecule has 98 valence electrons. The van der Waals surface area contributed by atoms with Crippen LogP contribution in [0.15, 0.2) is 40.9 Å². The van der Waals surface area contributed by atoms with E-state index in [-0.39, 0.29) is 5.91 Å². The molecule has 2 aromatic carbocycles. The second kappa shape index (κ2) is 5.40. The minimum atomic E-state index is -0.423. The van der Waals surface area contributed by atoms with Gasteiger partial charge in [0.1, 0.15) is 5.82 Å². The minimum Gasteiger partial charge on any atom is -0.399 e. The van der Waals surface area contributed by atoms with Crippen LogP contribution >= 0.6 is 15.9 Å². The third kappa shape index (κ3) is 3.12. The monoisotopic (exact) mass is 322 g/mol. The average molecular weight is 323 g/mol. The van der Waals surface area contributed by atoms with Crippen LogP contribution in [0.5, 0.6) is 0 Å². The molecule has 0 aliphatic heterocycles. The van der Waals surface area contributed by atoms with Gasteiger partial charge in [0, 0.05) is 16.9 Å². The summed E-state index contributed by atoms with van der Waals surface area (Å²) in [4.78, 5) is 12.0. The van der Waals surface area contributed by atoms with Gasteiger partial charge in [-0.25, -0.2) is 4.39 Å². The van der Waals surface area contributed by atoms with Gasteiger partial charge in [-0.3, -0.25) is 4.79 Å².